The quantitative estimate of drug-likeness (QED) is 0.0261. The van der Waals surface area contributed by atoms with Crippen molar-refractivity contribution in [1.29, 1.82) is 0 Å². The van der Waals surface area contributed by atoms with Crippen LogP contribution in [-0.2, 0) is 28.6 Å². The van der Waals surface area contributed by atoms with Crippen LogP contribution < -0.4 is 0 Å². The molecule has 0 N–H and O–H groups in total. The highest BCUT2D eigenvalue weighted by Gasteiger charge is 2.19. The first-order chi connectivity index (χ1) is 37.0. The van der Waals surface area contributed by atoms with Crippen LogP contribution in [0.5, 0.6) is 0 Å². The van der Waals surface area contributed by atoms with Crippen LogP contribution in [0, 0.1) is 0 Å². The van der Waals surface area contributed by atoms with Gasteiger partial charge < -0.3 is 14.2 Å². The second kappa shape index (κ2) is 63.4. The van der Waals surface area contributed by atoms with Crippen molar-refractivity contribution in [2.75, 3.05) is 13.2 Å². The minimum absolute atomic E-state index is 0.0882. The summed E-state index contributed by atoms with van der Waals surface area (Å²) in [6.45, 7) is 6.52. The lowest BCUT2D eigenvalue weighted by Crippen LogP contribution is -2.30. The van der Waals surface area contributed by atoms with Gasteiger partial charge >= 0.3 is 17.9 Å². The first kappa shape index (κ1) is 71.8. The number of rotatable bonds is 59. The molecule has 0 aromatic carbocycles. The molecule has 0 amide bonds. The molecule has 1 unspecified atom stereocenters. The van der Waals surface area contributed by atoms with E-state index >= 15 is 0 Å². The Morgan fingerprint density at radius 3 is 0.840 bits per heavy atom. The third-order valence-corrected chi connectivity index (χ3v) is 14.2. The Hall–Kier alpha value is -3.15. The SMILES string of the molecule is CC/C=C\C/C=C\C/C=C\C/C=C\CCCCC(=O)OC(COC(=O)CCCCCCCCCCCCCCC)COC(=O)CCCCCCCCCCCCCCCCCCC/C=C\C/C=C\CCCCCCC. The van der Waals surface area contributed by atoms with Gasteiger partial charge in [-0.05, 0) is 89.9 Å². The third-order valence-electron chi connectivity index (χ3n) is 14.2. The van der Waals surface area contributed by atoms with Gasteiger partial charge in [-0.15, -0.1) is 0 Å². The summed E-state index contributed by atoms with van der Waals surface area (Å²) in [7, 11) is 0. The lowest BCUT2D eigenvalue weighted by atomic mass is 10.0. The minimum atomic E-state index is -0.795. The molecule has 0 aliphatic carbocycles. The zero-order chi connectivity index (χ0) is 54.3. The van der Waals surface area contributed by atoms with Gasteiger partial charge in [-0.1, -0.05) is 293 Å². The molecule has 0 bridgehead atoms. The van der Waals surface area contributed by atoms with Crippen LogP contribution in [0.1, 0.15) is 329 Å². The summed E-state index contributed by atoms with van der Waals surface area (Å²) < 4.78 is 16.9. The van der Waals surface area contributed by atoms with Crippen LogP contribution in [0.3, 0.4) is 0 Å². The predicted octanol–water partition coefficient (Wildman–Crippen LogP) is 22.1. The Morgan fingerprint density at radius 2 is 0.520 bits per heavy atom. The van der Waals surface area contributed by atoms with Crippen LogP contribution in [0.4, 0.5) is 0 Å². The second-order valence-electron chi connectivity index (χ2n) is 21.6. The van der Waals surface area contributed by atoms with E-state index < -0.39 is 6.10 Å². The van der Waals surface area contributed by atoms with Crippen molar-refractivity contribution in [3.05, 3.63) is 72.9 Å². The molecule has 0 aliphatic heterocycles. The van der Waals surface area contributed by atoms with Crippen LogP contribution in [-0.4, -0.2) is 37.2 Å². The van der Waals surface area contributed by atoms with Gasteiger partial charge in [0.15, 0.2) is 6.10 Å². The average molecular weight is 1050 g/mol. The molecule has 0 fully saturated rings. The molecule has 0 saturated heterocycles. The molecular weight excluding hydrogens is 925 g/mol. The molecule has 1 atom stereocenters. The summed E-state index contributed by atoms with van der Waals surface area (Å²) in [6, 6.07) is 0. The van der Waals surface area contributed by atoms with E-state index in [0.717, 1.165) is 83.5 Å². The van der Waals surface area contributed by atoms with Gasteiger partial charge in [-0.2, -0.15) is 0 Å². The van der Waals surface area contributed by atoms with Gasteiger partial charge in [-0.3, -0.25) is 14.4 Å². The molecule has 75 heavy (non-hydrogen) atoms. The van der Waals surface area contributed by atoms with Gasteiger partial charge in [0, 0.05) is 19.3 Å². The molecule has 0 heterocycles. The van der Waals surface area contributed by atoms with Crippen LogP contribution in [0.15, 0.2) is 72.9 Å². The normalized spacial score (nSPS) is 12.5. The molecule has 434 valence electrons. The minimum Gasteiger partial charge on any atom is -0.462 e. The highest BCUT2D eigenvalue weighted by Crippen LogP contribution is 2.17. The largest absolute Gasteiger partial charge is 0.462 e. The van der Waals surface area contributed by atoms with Crippen molar-refractivity contribution in [3.8, 4) is 0 Å². The maximum Gasteiger partial charge on any atom is 0.306 e. The van der Waals surface area contributed by atoms with Gasteiger partial charge in [0.1, 0.15) is 13.2 Å². The zero-order valence-corrected chi connectivity index (χ0v) is 49.8. The molecular formula is C69H122O6. The van der Waals surface area contributed by atoms with E-state index in [-0.39, 0.29) is 37.5 Å². The van der Waals surface area contributed by atoms with Gasteiger partial charge in [-0.25, -0.2) is 0 Å². The predicted molar refractivity (Wildman–Crippen MR) is 325 cm³/mol. The third kappa shape index (κ3) is 61.6. The lowest BCUT2D eigenvalue weighted by molar-refractivity contribution is -0.167. The number of esters is 3. The van der Waals surface area contributed by atoms with E-state index in [1.165, 1.54) is 199 Å². The second-order valence-corrected chi connectivity index (χ2v) is 21.6. The smallest absolute Gasteiger partial charge is 0.306 e. The van der Waals surface area contributed by atoms with E-state index in [4.69, 9.17) is 14.2 Å². The Balaban J connectivity index is 4.21. The summed E-state index contributed by atoms with van der Waals surface area (Å²) >= 11 is 0. The molecule has 0 aromatic rings. The van der Waals surface area contributed by atoms with Crippen molar-refractivity contribution < 1.29 is 28.6 Å². The van der Waals surface area contributed by atoms with Gasteiger partial charge in [0.2, 0.25) is 0 Å². The number of ether oxygens (including phenoxy) is 3. The van der Waals surface area contributed by atoms with Crippen molar-refractivity contribution in [1.82, 2.24) is 0 Å². The van der Waals surface area contributed by atoms with Crippen LogP contribution in [0.25, 0.3) is 0 Å². The lowest BCUT2D eigenvalue weighted by Gasteiger charge is -2.18. The van der Waals surface area contributed by atoms with Gasteiger partial charge in [0.05, 0.1) is 0 Å². The summed E-state index contributed by atoms with van der Waals surface area (Å²) in [4.78, 5) is 38.2. The molecule has 0 aliphatic rings. The molecule has 6 nitrogen and oxygen atoms in total. The fourth-order valence-corrected chi connectivity index (χ4v) is 9.35. The fourth-order valence-electron chi connectivity index (χ4n) is 9.35. The topological polar surface area (TPSA) is 78.9 Å². The summed E-state index contributed by atoms with van der Waals surface area (Å²) in [5.41, 5.74) is 0. The van der Waals surface area contributed by atoms with Crippen LogP contribution >= 0.6 is 0 Å². The summed E-state index contributed by atoms with van der Waals surface area (Å²) in [5.74, 6) is -0.915. The number of carbonyl (C=O) groups excluding carboxylic acids is 3. The molecule has 0 saturated carbocycles. The molecule has 0 rings (SSSR count). The highest BCUT2D eigenvalue weighted by molar-refractivity contribution is 5.71. The first-order valence-corrected chi connectivity index (χ1v) is 32.4. The molecule has 6 heteroatoms. The Morgan fingerprint density at radius 1 is 0.280 bits per heavy atom. The number of unbranched alkanes of at least 4 members (excludes halogenated alkanes) is 36. The van der Waals surface area contributed by atoms with Crippen LogP contribution in [0.2, 0.25) is 0 Å². The van der Waals surface area contributed by atoms with Gasteiger partial charge in [0.25, 0.3) is 0 Å². The number of carbonyl (C=O) groups is 3. The van der Waals surface area contributed by atoms with E-state index in [0.29, 0.717) is 19.3 Å². The van der Waals surface area contributed by atoms with E-state index in [9.17, 15) is 14.4 Å². The van der Waals surface area contributed by atoms with Crippen molar-refractivity contribution in [2.45, 2.75) is 335 Å². The number of hydrogen-bond donors (Lipinski definition) is 0. The first-order valence-electron chi connectivity index (χ1n) is 32.4. The summed E-state index contributed by atoms with van der Waals surface area (Å²) in [5, 5.41) is 0. The molecule has 0 aromatic heterocycles. The van der Waals surface area contributed by atoms with E-state index in [1.54, 1.807) is 0 Å². The van der Waals surface area contributed by atoms with E-state index in [2.05, 4.69) is 93.7 Å². The average Bonchev–Trinajstić information content (AvgIpc) is 3.41. The fraction of sp³-hybridized carbons (Fsp3) is 0.783. The number of allylic oxidation sites excluding steroid dienone is 12. The maximum atomic E-state index is 12.9. The van der Waals surface area contributed by atoms with Crippen molar-refractivity contribution in [3.63, 3.8) is 0 Å². The standard InChI is InChI=1S/C69H122O6/c1-4-7-10-13-16-19-22-25-27-28-29-30-31-32-33-34-35-36-37-38-39-40-42-44-47-50-53-56-59-62-68(71)74-65-66(64-73-67(70)61-58-55-52-49-46-43-24-21-18-15-12-9-6-3)75-69(72)63-60-57-54-51-48-45-41-26-23-20-17-14-11-8-5-2/h8,11,17,20,22,25-26,28-29,41,48,51,66H,4-7,9-10,12-16,18-19,21,23-24,27,30-40,42-47,49-50,52-65H2,1-3H3/b11-8-,20-17-,25-22-,29-28-,41-26-,51-48-. The highest BCUT2D eigenvalue weighted by atomic mass is 16.6. The Labute approximate surface area is 465 Å². The summed E-state index contributed by atoms with van der Waals surface area (Å²) in [6.07, 6.45) is 82.1. The Bertz CT molecular complexity index is 1390. The monoisotopic (exact) mass is 1050 g/mol. The molecule has 0 spiro atoms. The Kier molecular flexibility index (Phi) is 60.7. The van der Waals surface area contributed by atoms with Crippen molar-refractivity contribution >= 4 is 17.9 Å². The zero-order valence-electron chi connectivity index (χ0n) is 49.8. The van der Waals surface area contributed by atoms with Crippen molar-refractivity contribution in [2.24, 2.45) is 0 Å². The maximum absolute atomic E-state index is 12.9. The van der Waals surface area contributed by atoms with E-state index in [1.807, 2.05) is 0 Å². The number of hydrogen-bond acceptors (Lipinski definition) is 6. The molecule has 0 radical (unpaired) electrons.